The summed E-state index contributed by atoms with van der Waals surface area (Å²) in [6, 6.07) is 3.62. The maximum atomic E-state index is 10.9. The molecule has 0 bridgehead atoms. The molecule has 2 aromatic rings. The molecule has 0 radical (unpaired) electrons. The van der Waals surface area contributed by atoms with Crippen molar-refractivity contribution < 1.29 is 9.90 Å². The van der Waals surface area contributed by atoms with E-state index in [1.54, 1.807) is 19.2 Å². The van der Waals surface area contributed by atoms with Crippen LogP contribution in [0.2, 0.25) is 5.15 Å². The number of carboxylic acids is 1. The molecule has 0 aliphatic carbocycles. The molecule has 2 heterocycles. The van der Waals surface area contributed by atoms with Crippen LogP contribution in [-0.2, 0) is 5.75 Å². The van der Waals surface area contributed by atoms with Crippen LogP contribution in [0.4, 0.5) is 0 Å². The van der Waals surface area contributed by atoms with Crippen molar-refractivity contribution in [3.05, 3.63) is 39.6 Å². The standard InChI is InChI=1S/C11H9ClN2O2S2/c1-6-9(10(15)16)18-11(14-6)17-5-7-2-3-8(12)13-4-7/h2-4H,5H2,1H3,(H,15,16). The highest BCUT2D eigenvalue weighted by Gasteiger charge is 2.14. The average Bonchev–Trinajstić information content (AvgIpc) is 2.70. The lowest BCUT2D eigenvalue weighted by molar-refractivity contribution is 0.0701. The van der Waals surface area contributed by atoms with Crippen LogP contribution in [0.1, 0.15) is 20.9 Å². The highest BCUT2D eigenvalue weighted by atomic mass is 35.5. The molecule has 0 saturated heterocycles. The minimum atomic E-state index is -0.926. The summed E-state index contributed by atoms with van der Waals surface area (Å²) < 4.78 is 0.750. The van der Waals surface area contributed by atoms with Gasteiger partial charge in [0.2, 0.25) is 0 Å². The Kier molecular flexibility index (Phi) is 4.21. The van der Waals surface area contributed by atoms with E-state index in [0.29, 0.717) is 21.5 Å². The lowest BCUT2D eigenvalue weighted by Gasteiger charge is -1.97. The van der Waals surface area contributed by atoms with Gasteiger partial charge >= 0.3 is 5.97 Å². The second-order valence-corrected chi connectivity index (χ2v) is 6.09. The first-order valence-electron chi connectivity index (χ1n) is 5.00. The van der Waals surface area contributed by atoms with Gasteiger partial charge in [-0.15, -0.1) is 11.3 Å². The van der Waals surface area contributed by atoms with Crippen molar-refractivity contribution in [2.45, 2.75) is 17.0 Å². The van der Waals surface area contributed by atoms with Gasteiger partial charge in [-0.25, -0.2) is 14.8 Å². The third-order valence-corrected chi connectivity index (χ3v) is 4.71. The zero-order valence-electron chi connectivity index (χ0n) is 9.38. The number of thioether (sulfide) groups is 1. The molecule has 2 rings (SSSR count). The molecule has 0 aliphatic heterocycles. The van der Waals surface area contributed by atoms with Crippen LogP contribution in [0.15, 0.2) is 22.7 Å². The monoisotopic (exact) mass is 300 g/mol. The number of hydrogen-bond donors (Lipinski definition) is 1. The maximum Gasteiger partial charge on any atom is 0.347 e. The molecule has 18 heavy (non-hydrogen) atoms. The third-order valence-electron chi connectivity index (χ3n) is 2.12. The molecule has 4 nitrogen and oxygen atoms in total. The SMILES string of the molecule is Cc1nc(SCc2ccc(Cl)nc2)sc1C(=O)O. The van der Waals surface area contributed by atoms with Gasteiger partial charge in [-0.2, -0.15) is 0 Å². The van der Waals surface area contributed by atoms with E-state index in [-0.39, 0.29) is 0 Å². The van der Waals surface area contributed by atoms with Crippen molar-refractivity contribution >= 4 is 40.7 Å². The summed E-state index contributed by atoms with van der Waals surface area (Å²) in [5.74, 6) is -0.235. The van der Waals surface area contributed by atoms with Crippen molar-refractivity contribution in [3.63, 3.8) is 0 Å². The highest BCUT2D eigenvalue weighted by molar-refractivity contribution is 8.00. The first kappa shape index (κ1) is 13.3. The van der Waals surface area contributed by atoms with Crippen LogP contribution in [0.3, 0.4) is 0 Å². The van der Waals surface area contributed by atoms with Crippen molar-refractivity contribution in [1.29, 1.82) is 0 Å². The Balaban J connectivity index is 2.04. The summed E-state index contributed by atoms with van der Waals surface area (Å²) in [6.07, 6.45) is 1.70. The largest absolute Gasteiger partial charge is 0.477 e. The van der Waals surface area contributed by atoms with Crippen LogP contribution >= 0.6 is 34.7 Å². The molecule has 1 N–H and O–H groups in total. The molecular formula is C11H9ClN2O2S2. The molecule has 0 amide bonds. The molecule has 0 atom stereocenters. The van der Waals surface area contributed by atoms with Gasteiger partial charge in [-0.05, 0) is 18.6 Å². The number of hydrogen-bond acceptors (Lipinski definition) is 5. The fourth-order valence-electron chi connectivity index (χ4n) is 1.27. The van der Waals surface area contributed by atoms with Gasteiger partial charge in [0.1, 0.15) is 10.0 Å². The average molecular weight is 301 g/mol. The van der Waals surface area contributed by atoms with Gasteiger partial charge in [-0.1, -0.05) is 29.4 Å². The number of thiazole rings is 1. The molecule has 0 unspecified atom stereocenters. The van der Waals surface area contributed by atoms with Gasteiger partial charge in [0.05, 0.1) is 5.69 Å². The zero-order chi connectivity index (χ0) is 13.1. The zero-order valence-corrected chi connectivity index (χ0v) is 11.8. The van der Waals surface area contributed by atoms with E-state index in [1.165, 1.54) is 23.1 Å². The molecule has 0 aromatic carbocycles. The number of halogens is 1. The van der Waals surface area contributed by atoms with Gasteiger partial charge < -0.3 is 5.11 Å². The molecule has 0 spiro atoms. The van der Waals surface area contributed by atoms with Crippen LogP contribution in [0, 0.1) is 6.92 Å². The van der Waals surface area contributed by atoms with Crippen molar-refractivity contribution in [3.8, 4) is 0 Å². The fourth-order valence-corrected chi connectivity index (χ4v) is 3.34. The van der Waals surface area contributed by atoms with E-state index in [2.05, 4.69) is 9.97 Å². The van der Waals surface area contributed by atoms with Crippen molar-refractivity contribution in [2.75, 3.05) is 0 Å². The van der Waals surface area contributed by atoms with E-state index in [9.17, 15) is 4.79 Å². The Labute approximate surface area is 117 Å². The van der Waals surface area contributed by atoms with Gasteiger partial charge in [0, 0.05) is 11.9 Å². The summed E-state index contributed by atoms with van der Waals surface area (Å²) in [5.41, 5.74) is 1.58. The van der Waals surface area contributed by atoms with E-state index >= 15 is 0 Å². The number of pyridine rings is 1. The molecule has 0 aliphatic rings. The molecule has 7 heteroatoms. The van der Waals surface area contributed by atoms with Gasteiger partial charge in [0.15, 0.2) is 4.34 Å². The number of aryl methyl sites for hydroxylation is 1. The molecule has 0 fully saturated rings. The van der Waals surface area contributed by atoms with Crippen LogP contribution in [0.25, 0.3) is 0 Å². The predicted octanol–water partition coefficient (Wildman–Crippen LogP) is 3.49. The Hall–Kier alpha value is -1.11. The topological polar surface area (TPSA) is 63.1 Å². The van der Waals surface area contributed by atoms with Crippen LogP contribution < -0.4 is 0 Å². The number of carboxylic acid groups (broad SMARTS) is 1. The predicted molar refractivity (Wildman–Crippen MR) is 72.6 cm³/mol. The molecule has 2 aromatic heterocycles. The highest BCUT2D eigenvalue weighted by Crippen LogP contribution is 2.29. The van der Waals surface area contributed by atoms with Crippen LogP contribution in [-0.4, -0.2) is 21.0 Å². The Bertz CT molecular complexity index is 569. The van der Waals surface area contributed by atoms with Crippen molar-refractivity contribution in [2.24, 2.45) is 0 Å². The van der Waals surface area contributed by atoms with E-state index < -0.39 is 5.97 Å². The Morgan fingerprint density at radius 3 is 2.89 bits per heavy atom. The number of aromatic nitrogens is 2. The fraction of sp³-hybridized carbons (Fsp3) is 0.182. The number of aromatic carboxylic acids is 1. The van der Waals surface area contributed by atoms with Gasteiger partial charge in [-0.3, -0.25) is 0 Å². The summed E-state index contributed by atoms with van der Waals surface area (Å²) in [6.45, 7) is 1.70. The third kappa shape index (κ3) is 3.22. The summed E-state index contributed by atoms with van der Waals surface area (Å²) in [4.78, 5) is 19.4. The van der Waals surface area contributed by atoms with Gasteiger partial charge in [0.25, 0.3) is 0 Å². The minimum absolute atomic E-state index is 0.298. The molecule has 0 saturated carbocycles. The van der Waals surface area contributed by atoms with E-state index in [4.69, 9.17) is 16.7 Å². The summed E-state index contributed by atoms with van der Waals surface area (Å²) in [7, 11) is 0. The second kappa shape index (κ2) is 5.69. The molecular weight excluding hydrogens is 292 g/mol. The Morgan fingerprint density at radius 1 is 1.56 bits per heavy atom. The lowest BCUT2D eigenvalue weighted by atomic mass is 10.3. The number of nitrogens with zero attached hydrogens (tertiary/aromatic N) is 2. The lowest BCUT2D eigenvalue weighted by Crippen LogP contribution is -1.94. The smallest absolute Gasteiger partial charge is 0.347 e. The Morgan fingerprint density at radius 2 is 2.33 bits per heavy atom. The first-order valence-corrected chi connectivity index (χ1v) is 7.18. The van der Waals surface area contributed by atoms with E-state index in [0.717, 1.165) is 9.90 Å². The summed E-state index contributed by atoms with van der Waals surface area (Å²) in [5, 5.41) is 9.39. The number of rotatable bonds is 4. The summed E-state index contributed by atoms with van der Waals surface area (Å²) >= 11 is 8.38. The molecule has 94 valence electrons. The quantitative estimate of drug-likeness (QED) is 0.692. The first-order chi connectivity index (χ1) is 8.56. The minimum Gasteiger partial charge on any atom is -0.477 e. The number of carbonyl (C=O) groups is 1. The second-order valence-electron chi connectivity index (χ2n) is 3.48. The van der Waals surface area contributed by atoms with Crippen molar-refractivity contribution in [1.82, 2.24) is 9.97 Å². The van der Waals surface area contributed by atoms with E-state index in [1.807, 2.05) is 6.07 Å². The normalized spacial score (nSPS) is 10.6. The maximum absolute atomic E-state index is 10.9. The van der Waals surface area contributed by atoms with Crippen LogP contribution in [0.5, 0.6) is 0 Å².